The largest absolute Gasteiger partial charge is 0.331 e. The second-order valence-electron chi connectivity index (χ2n) is 7.01. The molecule has 0 bridgehead atoms. The number of carbonyl (C=O) groups is 1. The summed E-state index contributed by atoms with van der Waals surface area (Å²) in [7, 11) is 0. The first kappa shape index (κ1) is 17.3. The molecule has 0 aromatic carbocycles. The zero-order valence-electron chi connectivity index (χ0n) is 14.8. The van der Waals surface area contributed by atoms with Gasteiger partial charge in [0.15, 0.2) is 0 Å². The van der Waals surface area contributed by atoms with Crippen molar-refractivity contribution in [2.24, 2.45) is 0 Å². The number of anilines is 1. The van der Waals surface area contributed by atoms with E-state index in [2.05, 4.69) is 10.4 Å². The molecule has 0 unspecified atom stereocenters. The quantitative estimate of drug-likeness (QED) is 0.856. The Bertz CT molecular complexity index is 1050. The van der Waals surface area contributed by atoms with Gasteiger partial charge in [0.2, 0.25) is 5.91 Å². The van der Waals surface area contributed by atoms with Crippen molar-refractivity contribution in [1.82, 2.24) is 18.9 Å². The summed E-state index contributed by atoms with van der Waals surface area (Å²) in [5, 5.41) is 16.3. The third kappa shape index (κ3) is 2.97. The molecule has 3 heterocycles. The van der Waals surface area contributed by atoms with Crippen molar-refractivity contribution in [1.29, 1.82) is 5.26 Å². The van der Waals surface area contributed by atoms with Crippen LogP contribution >= 0.6 is 0 Å². The highest BCUT2D eigenvalue weighted by Crippen LogP contribution is 2.31. The molecule has 4 rings (SSSR count). The van der Waals surface area contributed by atoms with Crippen LogP contribution in [-0.4, -0.2) is 24.8 Å². The predicted octanol–water partition coefficient (Wildman–Crippen LogP) is 0.778. The lowest BCUT2D eigenvalue weighted by Crippen LogP contribution is -2.44. The van der Waals surface area contributed by atoms with Gasteiger partial charge >= 0.3 is 5.69 Å². The number of nitriles is 1. The van der Waals surface area contributed by atoms with Crippen LogP contribution in [0.5, 0.6) is 0 Å². The van der Waals surface area contributed by atoms with E-state index in [-0.39, 0.29) is 11.6 Å². The second kappa shape index (κ2) is 6.87. The fourth-order valence-corrected chi connectivity index (χ4v) is 4.07. The molecule has 140 valence electrons. The maximum absolute atomic E-state index is 12.6. The minimum Gasteiger partial charge on any atom is -0.309 e. The minimum absolute atomic E-state index is 0.0455. The highest BCUT2D eigenvalue weighted by Gasteiger charge is 2.24. The number of aromatic nitrogens is 4. The van der Waals surface area contributed by atoms with Crippen molar-refractivity contribution >= 4 is 11.7 Å². The van der Waals surface area contributed by atoms with Gasteiger partial charge in [-0.1, -0.05) is 12.8 Å². The Morgan fingerprint density at radius 3 is 2.81 bits per heavy atom. The maximum Gasteiger partial charge on any atom is 0.331 e. The first-order valence-electron chi connectivity index (χ1n) is 9.20. The lowest BCUT2D eigenvalue weighted by atomic mass is 10.2. The number of nitrogens with one attached hydrogen (secondary N) is 1. The van der Waals surface area contributed by atoms with Crippen LogP contribution in [0.3, 0.4) is 0 Å². The third-order valence-corrected chi connectivity index (χ3v) is 5.35. The number of nitrogens with zero attached hydrogens (tertiary/aromatic N) is 5. The summed E-state index contributed by atoms with van der Waals surface area (Å²) < 4.78 is 4.07. The van der Waals surface area contributed by atoms with Crippen molar-refractivity contribution in [2.45, 2.75) is 57.7 Å². The molecule has 9 heteroatoms. The fourth-order valence-electron chi connectivity index (χ4n) is 4.07. The van der Waals surface area contributed by atoms with Crippen LogP contribution in [0.2, 0.25) is 0 Å². The van der Waals surface area contributed by atoms with Crippen LogP contribution < -0.4 is 16.6 Å². The normalized spacial score (nSPS) is 16.3. The second-order valence-corrected chi connectivity index (χ2v) is 7.01. The Morgan fingerprint density at radius 2 is 2.07 bits per heavy atom. The summed E-state index contributed by atoms with van der Waals surface area (Å²) in [5.41, 5.74) is -0.805. The van der Waals surface area contributed by atoms with Gasteiger partial charge in [-0.05, 0) is 25.7 Å². The Hall–Kier alpha value is -3.15. The molecule has 1 fully saturated rings. The summed E-state index contributed by atoms with van der Waals surface area (Å²) in [5.74, 6) is 0.0677. The molecular formula is C18H20N6O3. The van der Waals surface area contributed by atoms with E-state index in [1.807, 2.05) is 6.07 Å². The molecule has 1 amide bonds. The first-order chi connectivity index (χ1) is 13.1. The summed E-state index contributed by atoms with van der Waals surface area (Å²) >= 11 is 0. The minimum atomic E-state index is -0.699. The van der Waals surface area contributed by atoms with Gasteiger partial charge in [0, 0.05) is 18.3 Å². The number of hydrogen-bond acceptors (Lipinski definition) is 5. The summed E-state index contributed by atoms with van der Waals surface area (Å²) in [6.07, 6.45) is 7.16. The van der Waals surface area contributed by atoms with Crippen molar-refractivity contribution in [3.63, 3.8) is 0 Å². The molecule has 0 radical (unpaired) electrons. The predicted molar refractivity (Wildman–Crippen MR) is 96.4 cm³/mol. The van der Waals surface area contributed by atoms with E-state index in [4.69, 9.17) is 0 Å². The van der Waals surface area contributed by atoms with E-state index in [1.165, 1.54) is 4.57 Å². The van der Waals surface area contributed by atoms with E-state index in [1.54, 1.807) is 16.9 Å². The molecule has 0 atom stereocenters. The number of carbonyl (C=O) groups excluding carboxylic acids is 1. The van der Waals surface area contributed by atoms with Gasteiger partial charge in [-0.2, -0.15) is 10.4 Å². The molecular weight excluding hydrogens is 348 g/mol. The molecule has 1 aliphatic heterocycles. The Labute approximate surface area is 154 Å². The van der Waals surface area contributed by atoms with E-state index in [9.17, 15) is 19.6 Å². The molecule has 2 aromatic heterocycles. The number of hydrogen-bond donors (Lipinski definition) is 1. The van der Waals surface area contributed by atoms with E-state index < -0.39 is 23.7 Å². The number of rotatable bonds is 4. The van der Waals surface area contributed by atoms with Crippen LogP contribution in [0.4, 0.5) is 5.82 Å². The smallest absolute Gasteiger partial charge is 0.309 e. The van der Waals surface area contributed by atoms with Crippen LogP contribution in [0.15, 0.2) is 21.9 Å². The standard InChI is InChI=1S/C18H20N6O3/c19-10-13-14-6-3-9-22(14)18(27)23(17(13)26)11-16(25)21-15-7-8-20-24(15)12-4-1-2-5-12/h7-8,12H,1-6,9,11H2,(H,21,25). The average molecular weight is 368 g/mol. The zero-order chi connectivity index (χ0) is 19.0. The van der Waals surface area contributed by atoms with Gasteiger partial charge in [-0.25, -0.2) is 14.0 Å². The summed E-state index contributed by atoms with van der Waals surface area (Å²) in [4.78, 5) is 37.6. The molecule has 2 aromatic rings. The SMILES string of the molecule is N#Cc1c2n(c(=O)n(CC(=O)Nc3ccnn3C3CCCC3)c1=O)CCC2. The van der Waals surface area contributed by atoms with Gasteiger partial charge in [0.25, 0.3) is 5.56 Å². The van der Waals surface area contributed by atoms with Crippen LogP contribution in [0.25, 0.3) is 0 Å². The number of amides is 1. The van der Waals surface area contributed by atoms with Gasteiger partial charge in [0.1, 0.15) is 24.0 Å². The Kier molecular flexibility index (Phi) is 4.39. The first-order valence-corrected chi connectivity index (χ1v) is 9.20. The van der Waals surface area contributed by atoms with Gasteiger partial charge in [-0.3, -0.25) is 14.2 Å². The monoisotopic (exact) mass is 368 g/mol. The molecule has 9 nitrogen and oxygen atoms in total. The van der Waals surface area contributed by atoms with Crippen molar-refractivity contribution in [3.8, 4) is 6.07 Å². The zero-order valence-corrected chi connectivity index (χ0v) is 14.8. The third-order valence-electron chi connectivity index (χ3n) is 5.35. The molecule has 0 spiro atoms. The highest BCUT2D eigenvalue weighted by molar-refractivity contribution is 5.89. The van der Waals surface area contributed by atoms with E-state index >= 15 is 0 Å². The number of fused-ring (bicyclic) bond motifs is 1. The van der Waals surface area contributed by atoms with Crippen LogP contribution in [0, 0.1) is 11.3 Å². The molecule has 0 saturated heterocycles. The van der Waals surface area contributed by atoms with E-state index in [0.717, 1.165) is 30.3 Å². The average Bonchev–Trinajstić information content (AvgIpc) is 3.39. The Morgan fingerprint density at radius 1 is 1.30 bits per heavy atom. The summed E-state index contributed by atoms with van der Waals surface area (Å²) in [6.45, 7) is 0.0294. The van der Waals surface area contributed by atoms with Crippen molar-refractivity contribution < 1.29 is 4.79 Å². The Balaban J connectivity index is 1.60. The molecule has 1 N–H and O–H groups in total. The highest BCUT2D eigenvalue weighted by atomic mass is 16.2. The lowest BCUT2D eigenvalue weighted by molar-refractivity contribution is -0.116. The van der Waals surface area contributed by atoms with E-state index in [0.29, 0.717) is 30.9 Å². The fraction of sp³-hybridized carbons (Fsp3) is 0.500. The van der Waals surface area contributed by atoms with Crippen molar-refractivity contribution in [2.75, 3.05) is 5.32 Å². The maximum atomic E-state index is 12.6. The molecule has 1 aliphatic carbocycles. The molecule has 2 aliphatic rings. The van der Waals surface area contributed by atoms with Gasteiger partial charge in [0.05, 0.1) is 12.2 Å². The van der Waals surface area contributed by atoms with Gasteiger partial charge < -0.3 is 5.32 Å². The molecule has 1 saturated carbocycles. The van der Waals surface area contributed by atoms with Crippen LogP contribution in [-0.2, 0) is 24.3 Å². The lowest BCUT2D eigenvalue weighted by Gasteiger charge is -2.15. The van der Waals surface area contributed by atoms with Gasteiger partial charge in [-0.15, -0.1) is 0 Å². The molecule has 27 heavy (non-hydrogen) atoms. The van der Waals surface area contributed by atoms with Crippen molar-refractivity contribution in [3.05, 3.63) is 44.4 Å². The summed E-state index contributed by atoms with van der Waals surface area (Å²) in [6, 6.07) is 3.85. The van der Waals surface area contributed by atoms with Crippen LogP contribution in [0.1, 0.15) is 49.4 Å². The topological polar surface area (TPSA) is 115 Å².